The molecule has 1 atom stereocenters. The third kappa shape index (κ3) is 4.09. The number of carbonyl (C=O) groups is 2. The lowest BCUT2D eigenvalue weighted by Crippen LogP contribution is -2.30. The number of rotatable bonds is 5. The van der Waals surface area contributed by atoms with Gasteiger partial charge >= 0.3 is 5.97 Å². The lowest BCUT2D eigenvalue weighted by molar-refractivity contribution is -0.123. The molecule has 2 aromatic heterocycles. The minimum Gasteiger partial charge on any atom is -0.449 e. The molecule has 1 aromatic carbocycles. The van der Waals surface area contributed by atoms with Crippen LogP contribution in [0.25, 0.3) is 5.82 Å². The number of hydrogen-bond donors (Lipinski definition) is 1. The van der Waals surface area contributed by atoms with Crippen LogP contribution in [0.5, 0.6) is 0 Å². The minimum absolute atomic E-state index is 0.289. The second-order valence-corrected chi connectivity index (χ2v) is 6.60. The first-order valence-electron chi connectivity index (χ1n) is 8.92. The molecule has 0 fully saturated rings. The molecule has 7 nitrogen and oxygen atoms in total. The fourth-order valence-electron chi connectivity index (χ4n) is 2.79. The monoisotopic (exact) mass is 378 g/mol. The Morgan fingerprint density at radius 1 is 1.14 bits per heavy atom. The summed E-state index contributed by atoms with van der Waals surface area (Å²) in [6.45, 7) is 7.18. The van der Waals surface area contributed by atoms with Crippen LogP contribution in [0.1, 0.15) is 34.1 Å². The fourth-order valence-corrected chi connectivity index (χ4v) is 2.79. The van der Waals surface area contributed by atoms with E-state index in [1.165, 1.54) is 13.1 Å². The van der Waals surface area contributed by atoms with E-state index in [4.69, 9.17) is 4.74 Å². The van der Waals surface area contributed by atoms with Crippen LogP contribution < -0.4 is 5.32 Å². The molecule has 1 amide bonds. The first kappa shape index (κ1) is 19.3. The molecular weight excluding hydrogens is 356 g/mol. The number of amides is 1. The number of carbonyl (C=O) groups excluding carboxylic acids is 2. The lowest BCUT2D eigenvalue weighted by atomic mass is 10.1. The number of nitrogens with one attached hydrogen (secondary N) is 1. The maximum Gasteiger partial charge on any atom is 0.342 e. The van der Waals surface area contributed by atoms with Crippen molar-refractivity contribution in [3.8, 4) is 5.82 Å². The third-order valence-corrected chi connectivity index (χ3v) is 4.39. The van der Waals surface area contributed by atoms with Crippen LogP contribution in [0, 0.1) is 20.8 Å². The second-order valence-electron chi connectivity index (χ2n) is 6.60. The van der Waals surface area contributed by atoms with Gasteiger partial charge in [-0.1, -0.05) is 23.8 Å². The Bertz CT molecular complexity index is 1010. The van der Waals surface area contributed by atoms with Crippen molar-refractivity contribution < 1.29 is 14.3 Å². The van der Waals surface area contributed by atoms with Crippen molar-refractivity contribution in [1.82, 2.24) is 14.8 Å². The van der Waals surface area contributed by atoms with Crippen molar-refractivity contribution in [2.45, 2.75) is 33.8 Å². The van der Waals surface area contributed by atoms with Crippen LogP contribution in [-0.2, 0) is 9.53 Å². The van der Waals surface area contributed by atoms with Crippen LogP contribution in [-0.4, -0.2) is 32.7 Å². The molecular formula is C21H22N4O3. The molecule has 0 bridgehead atoms. The van der Waals surface area contributed by atoms with E-state index in [9.17, 15) is 9.59 Å². The largest absolute Gasteiger partial charge is 0.449 e. The summed E-state index contributed by atoms with van der Waals surface area (Å²) < 4.78 is 6.89. The van der Waals surface area contributed by atoms with Gasteiger partial charge in [0, 0.05) is 11.9 Å². The number of hydrogen-bond acceptors (Lipinski definition) is 5. The highest BCUT2D eigenvalue weighted by Crippen LogP contribution is 2.18. The Morgan fingerprint density at radius 3 is 2.61 bits per heavy atom. The third-order valence-electron chi connectivity index (χ3n) is 4.39. The standard InChI is InChI=1S/C21H22N4O3/c1-13-8-9-18(14(2)11-13)24-20(26)16(4)28-21(27)17-12-23-25(15(17)3)19-7-5-6-10-22-19/h5-12,16H,1-4H3,(H,24,26). The summed E-state index contributed by atoms with van der Waals surface area (Å²) in [4.78, 5) is 29.1. The van der Waals surface area contributed by atoms with Crippen LogP contribution in [0.2, 0.25) is 0 Å². The summed E-state index contributed by atoms with van der Waals surface area (Å²) in [5.74, 6) is -0.405. The summed E-state index contributed by atoms with van der Waals surface area (Å²) in [5, 5.41) is 6.99. The van der Waals surface area contributed by atoms with Gasteiger partial charge in [-0.25, -0.2) is 14.5 Å². The van der Waals surface area contributed by atoms with E-state index < -0.39 is 18.0 Å². The molecule has 28 heavy (non-hydrogen) atoms. The quantitative estimate of drug-likeness (QED) is 0.688. The normalized spacial score (nSPS) is 11.7. The molecule has 0 radical (unpaired) electrons. The zero-order chi connectivity index (χ0) is 20.3. The van der Waals surface area contributed by atoms with Crippen molar-refractivity contribution in [3.63, 3.8) is 0 Å². The molecule has 3 aromatic rings. The number of aryl methyl sites for hydroxylation is 2. The van der Waals surface area contributed by atoms with Gasteiger partial charge in [0.25, 0.3) is 5.91 Å². The van der Waals surface area contributed by atoms with Gasteiger partial charge in [0.2, 0.25) is 0 Å². The van der Waals surface area contributed by atoms with E-state index in [0.29, 0.717) is 17.2 Å². The van der Waals surface area contributed by atoms with Crippen molar-refractivity contribution >= 4 is 17.6 Å². The lowest BCUT2D eigenvalue weighted by Gasteiger charge is -2.15. The zero-order valence-corrected chi connectivity index (χ0v) is 16.3. The van der Waals surface area contributed by atoms with Gasteiger partial charge in [-0.2, -0.15) is 5.10 Å². The average molecular weight is 378 g/mol. The van der Waals surface area contributed by atoms with Gasteiger partial charge in [-0.3, -0.25) is 4.79 Å². The van der Waals surface area contributed by atoms with Gasteiger partial charge in [-0.05, 0) is 51.5 Å². The zero-order valence-electron chi connectivity index (χ0n) is 16.3. The maximum absolute atomic E-state index is 12.5. The first-order chi connectivity index (χ1) is 13.4. The SMILES string of the molecule is Cc1ccc(NC(=O)C(C)OC(=O)c2cnn(-c3ccccn3)c2C)c(C)c1. The molecule has 0 spiro atoms. The molecule has 144 valence electrons. The first-order valence-corrected chi connectivity index (χ1v) is 8.92. The van der Waals surface area contributed by atoms with Gasteiger partial charge < -0.3 is 10.1 Å². The Morgan fingerprint density at radius 2 is 1.93 bits per heavy atom. The Balaban J connectivity index is 1.69. The summed E-state index contributed by atoms with van der Waals surface area (Å²) >= 11 is 0. The van der Waals surface area contributed by atoms with E-state index in [2.05, 4.69) is 15.4 Å². The van der Waals surface area contributed by atoms with Gasteiger partial charge in [0.05, 0.1) is 11.9 Å². The number of pyridine rings is 1. The number of ether oxygens (including phenoxy) is 1. The van der Waals surface area contributed by atoms with Crippen LogP contribution >= 0.6 is 0 Å². The van der Waals surface area contributed by atoms with Gasteiger partial charge in [0.1, 0.15) is 5.56 Å². The number of anilines is 1. The highest BCUT2D eigenvalue weighted by Gasteiger charge is 2.23. The fraction of sp³-hybridized carbons (Fsp3) is 0.238. The smallest absolute Gasteiger partial charge is 0.342 e. The van der Waals surface area contributed by atoms with E-state index in [1.54, 1.807) is 29.9 Å². The van der Waals surface area contributed by atoms with Crippen molar-refractivity contribution in [2.75, 3.05) is 5.32 Å². The van der Waals surface area contributed by atoms with E-state index in [0.717, 1.165) is 11.1 Å². The second kappa shape index (κ2) is 8.04. The number of esters is 1. The van der Waals surface area contributed by atoms with Gasteiger partial charge in [-0.15, -0.1) is 0 Å². The summed E-state index contributed by atoms with van der Waals surface area (Å²) in [6, 6.07) is 11.1. The van der Waals surface area contributed by atoms with Crippen LogP contribution in [0.15, 0.2) is 48.8 Å². The van der Waals surface area contributed by atoms with Crippen LogP contribution in [0.4, 0.5) is 5.69 Å². The summed E-state index contributed by atoms with van der Waals surface area (Å²) in [6.07, 6.45) is 2.11. The molecule has 1 unspecified atom stereocenters. The molecule has 0 saturated carbocycles. The molecule has 0 saturated heterocycles. The highest BCUT2D eigenvalue weighted by molar-refractivity contribution is 5.98. The van der Waals surface area contributed by atoms with Crippen molar-refractivity contribution in [1.29, 1.82) is 0 Å². The molecule has 2 heterocycles. The number of benzene rings is 1. The van der Waals surface area contributed by atoms with Gasteiger partial charge in [0.15, 0.2) is 11.9 Å². The topological polar surface area (TPSA) is 86.1 Å². The molecule has 1 N–H and O–H groups in total. The van der Waals surface area contributed by atoms with E-state index >= 15 is 0 Å². The van der Waals surface area contributed by atoms with Crippen LogP contribution in [0.3, 0.4) is 0 Å². The molecule has 0 aliphatic rings. The predicted molar refractivity (Wildman–Crippen MR) is 106 cm³/mol. The molecule has 7 heteroatoms. The maximum atomic E-state index is 12.5. The molecule has 0 aliphatic carbocycles. The van der Waals surface area contributed by atoms with Crippen molar-refractivity contribution in [2.24, 2.45) is 0 Å². The molecule has 3 rings (SSSR count). The van der Waals surface area contributed by atoms with Crippen molar-refractivity contribution in [3.05, 3.63) is 71.2 Å². The minimum atomic E-state index is -0.953. The predicted octanol–water partition coefficient (Wildman–Crippen LogP) is 3.38. The average Bonchev–Trinajstić information content (AvgIpc) is 3.06. The summed E-state index contributed by atoms with van der Waals surface area (Å²) in [7, 11) is 0. The number of aromatic nitrogens is 3. The number of nitrogens with zero attached hydrogens (tertiary/aromatic N) is 3. The van der Waals surface area contributed by atoms with E-state index in [-0.39, 0.29) is 5.56 Å². The van der Waals surface area contributed by atoms with E-state index in [1.807, 2.05) is 38.1 Å². The molecule has 0 aliphatic heterocycles. The Labute approximate surface area is 163 Å². The highest BCUT2D eigenvalue weighted by atomic mass is 16.5. The Hall–Kier alpha value is -3.48. The Kier molecular flexibility index (Phi) is 5.54. The summed E-state index contributed by atoms with van der Waals surface area (Å²) in [5.41, 5.74) is 3.62.